The highest BCUT2D eigenvalue weighted by Crippen LogP contribution is 2.36. The number of piperazine rings is 1. The smallest absolute Gasteiger partial charge is 0.238 e. The fourth-order valence-electron chi connectivity index (χ4n) is 4.21. The molecule has 4 aromatic rings. The van der Waals surface area contributed by atoms with Crippen LogP contribution in [0.2, 0.25) is 0 Å². The number of nitrogens with zero attached hydrogens (tertiary/aromatic N) is 4. The van der Waals surface area contributed by atoms with Crippen LogP contribution in [0.5, 0.6) is 5.75 Å². The van der Waals surface area contributed by atoms with E-state index in [0.717, 1.165) is 48.4 Å². The molecule has 8 nitrogen and oxygen atoms in total. The van der Waals surface area contributed by atoms with E-state index in [4.69, 9.17) is 14.4 Å². The molecule has 1 aliphatic rings. The number of furan rings is 1. The van der Waals surface area contributed by atoms with Crippen molar-refractivity contribution in [3.63, 3.8) is 0 Å². The summed E-state index contributed by atoms with van der Waals surface area (Å²) >= 11 is 0. The first-order valence-corrected chi connectivity index (χ1v) is 10.8. The van der Waals surface area contributed by atoms with E-state index in [0.29, 0.717) is 22.6 Å². The minimum Gasteiger partial charge on any atom is -0.495 e. The highest BCUT2D eigenvalue weighted by molar-refractivity contribution is 6.07. The predicted molar refractivity (Wildman–Crippen MR) is 127 cm³/mol. The van der Waals surface area contributed by atoms with Crippen LogP contribution in [-0.2, 0) is 4.79 Å². The Morgan fingerprint density at radius 1 is 1.12 bits per heavy atom. The number of rotatable bonds is 5. The number of pyridine rings is 1. The number of nitrogens with one attached hydrogen (secondary N) is 1. The summed E-state index contributed by atoms with van der Waals surface area (Å²) in [5.41, 5.74) is 2.68. The number of para-hydroxylation sites is 1. The van der Waals surface area contributed by atoms with Crippen LogP contribution in [0.1, 0.15) is 5.56 Å². The van der Waals surface area contributed by atoms with Crippen molar-refractivity contribution < 1.29 is 13.9 Å². The third-order valence-corrected chi connectivity index (χ3v) is 5.91. The van der Waals surface area contributed by atoms with E-state index in [1.165, 1.54) is 0 Å². The van der Waals surface area contributed by atoms with Crippen molar-refractivity contribution >= 4 is 39.4 Å². The van der Waals surface area contributed by atoms with Gasteiger partial charge in [-0.3, -0.25) is 9.69 Å². The molecule has 2 aromatic carbocycles. The molecule has 1 N–H and O–H groups in total. The van der Waals surface area contributed by atoms with Crippen molar-refractivity contribution in [2.24, 2.45) is 0 Å². The first-order chi connectivity index (χ1) is 16.1. The number of fused-ring (bicyclic) bond motifs is 3. The topological polar surface area (TPSA) is 94.6 Å². The van der Waals surface area contributed by atoms with Gasteiger partial charge in [-0.25, -0.2) is 4.98 Å². The Labute approximate surface area is 191 Å². The maximum Gasteiger partial charge on any atom is 0.238 e. The molecule has 1 aliphatic heterocycles. The highest BCUT2D eigenvalue weighted by Gasteiger charge is 2.21. The third-order valence-electron chi connectivity index (χ3n) is 5.91. The molecule has 3 heterocycles. The quantitative estimate of drug-likeness (QED) is 0.505. The van der Waals surface area contributed by atoms with Crippen molar-refractivity contribution in [2.75, 3.05) is 50.1 Å². The summed E-state index contributed by atoms with van der Waals surface area (Å²) in [5.74, 6) is 1.28. The van der Waals surface area contributed by atoms with Gasteiger partial charge in [0, 0.05) is 49.2 Å². The predicted octanol–water partition coefficient (Wildman–Crippen LogP) is 3.62. The summed E-state index contributed by atoms with van der Waals surface area (Å²) in [6, 6.07) is 17.2. The van der Waals surface area contributed by atoms with E-state index in [-0.39, 0.29) is 12.5 Å². The molecule has 8 heteroatoms. The summed E-state index contributed by atoms with van der Waals surface area (Å²) < 4.78 is 11.5. The Kier molecular flexibility index (Phi) is 5.55. The average Bonchev–Trinajstić information content (AvgIpc) is 3.21. The van der Waals surface area contributed by atoms with Gasteiger partial charge in [0.1, 0.15) is 22.7 Å². The van der Waals surface area contributed by atoms with Crippen LogP contribution in [0.15, 0.2) is 59.1 Å². The zero-order valence-electron chi connectivity index (χ0n) is 18.2. The van der Waals surface area contributed by atoms with Gasteiger partial charge in [0.05, 0.1) is 31.0 Å². The maximum atomic E-state index is 12.8. The number of amides is 1. The Balaban J connectivity index is 1.25. The second kappa shape index (κ2) is 8.81. The second-order valence-corrected chi connectivity index (χ2v) is 7.97. The Morgan fingerprint density at radius 3 is 2.73 bits per heavy atom. The molecule has 2 aromatic heterocycles. The molecule has 0 unspecified atom stereocenters. The number of hydrogen-bond acceptors (Lipinski definition) is 7. The first kappa shape index (κ1) is 20.8. The molecular formula is C25H23N5O3. The average molecular weight is 441 g/mol. The van der Waals surface area contributed by atoms with Crippen molar-refractivity contribution in [3.8, 4) is 11.8 Å². The van der Waals surface area contributed by atoms with Gasteiger partial charge in [0.15, 0.2) is 0 Å². The van der Waals surface area contributed by atoms with E-state index < -0.39 is 0 Å². The van der Waals surface area contributed by atoms with E-state index in [1.807, 2.05) is 36.4 Å². The lowest BCUT2D eigenvalue weighted by Gasteiger charge is -2.35. The number of hydrogen-bond donors (Lipinski definition) is 1. The molecule has 1 saturated heterocycles. The van der Waals surface area contributed by atoms with Gasteiger partial charge in [-0.15, -0.1) is 0 Å². The molecule has 5 rings (SSSR count). The number of ether oxygens (including phenoxy) is 1. The van der Waals surface area contributed by atoms with Crippen LogP contribution in [0, 0.1) is 11.3 Å². The Morgan fingerprint density at radius 2 is 1.94 bits per heavy atom. The van der Waals surface area contributed by atoms with Gasteiger partial charge in [0.2, 0.25) is 5.91 Å². The molecule has 0 aliphatic carbocycles. The van der Waals surface area contributed by atoms with Gasteiger partial charge >= 0.3 is 0 Å². The number of carbonyl (C=O) groups is 1. The van der Waals surface area contributed by atoms with Crippen molar-refractivity contribution in [2.45, 2.75) is 0 Å². The first-order valence-electron chi connectivity index (χ1n) is 10.8. The Hall–Kier alpha value is -4.09. The van der Waals surface area contributed by atoms with Crippen LogP contribution in [0.4, 0.5) is 11.5 Å². The molecule has 1 fully saturated rings. The lowest BCUT2D eigenvalue weighted by atomic mass is 10.1. The van der Waals surface area contributed by atoms with Crippen LogP contribution in [0.3, 0.4) is 0 Å². The maximum absolute atomic E-state index is 12.8. The van der Waals surface area contributed by atoms with Crippen LogP contribution in [0.25, 0.3) is 21.9 Å². The number of benzene rings is 2. The lowest BCUT2D eigenvalue weighted by molar-refractivity contribution is -0.117. The van der Waals surface area contributed by atoms with E-state index in [1.54, 1.807) is 25.4 Å². The van der Waals surface area contributed by atoms with Gasteiger partial charge in [-0.05, 0) is 24.3 Å². The normalized spacial score (nSPS) is 14.4. The number of nitriles is 1. The minimum absolute atomic E-state index is 0.109. The fourth-order valence-corrected chi connectivity index (χ4v) is 4.21. The number of carbonyl (C=O) groups excluding carboxylic acids is 1. The van der Waals surface area contributed by atoms with E-state index >= 15 is 0 Å². The summed E-state index contributed by atoms with van der Waals surface area (Å²) in [6.07, 6.45) is 1.65. The van der Waals surface area contributed by atoms with Gasteiger partial charge in [-0.2, -0.15) is 5.26 Å². The lowest BCUT2D eigenvalue weighted by Crippen LogP contribution is -2.49. The molecule has 0 radical (unpaired) electrons. The molecule has 0 bridgehead atoms. The van der Waals surface area contributed by atoms with Gasteiger partial charge < -0.3 is 19.4 Å². The van der Waals surface area contributed by atoms with E-state index in [9.17, 15) is 4.79 Å². The van der Waals surface area contributed by atoms with Crippen LogP contribution >= 0.6 is 0 Å². The van der Waals surface area contributed by atoms with Crippen LogP contribution < -0.4 is 15.0 Å². The minimum atomic E-state index is -0.109. The van der Waals surface area contributed by atoms with Crippen molar-refractivity contribution in [1.82, 2.24) is 9.88 Å². The molecule has 166 valence electrons. The molecule has 1 amide bonds. The fraction of sp³-hybridized carbons (Fsp3) is 0.240. The standard InChI is InChI=1S/C25H23N5O3/c1-32-23-13-19-18-4-2-3-5-21(18)33-22(19)14-20(23)28-25(31)16-29-8-10-30(11-9-29)24-12-17(15-26)6-7-27-24/h2-7,12-14H,8-11,16H2,1H3,(H,28,31). The SMILES string of the molecule is COc1cc2c(cc1NC(=O)CN1CCN(c3cc(C#N)ccn3)CC1)oc1ccccc12. The monoisotopic (exact) mass is 441 g/mol. The van der Waals surface area contributed by atoms with E-state index in [2.05, 4.69) is 26.2 Å². The third kappa shape index (κ3) is 4.19. The second-order valence-electron chi connectivity index (χ2n) is 7.97. The number of anilines is 2. The zero-order chi connectivity index (χ0) is 22.8. The number of aromatic nitrogens is 1. The molecular weight excluding hydrogens is 418 g/mol. The molecule has 0 spiro atoms. The summed E-state index contributed by atoms with van der Waals surface area (Å²) in [6.45, 7) is 3.21. The molecule has 33 heavy (non-hydrogen) atoms. The molecule has 0 saturated carbocycles. The van der Waals surface area contributed by atoms with Crippen molar-refractivity contribution in [3.05, 3.63) is 60.3 Å². The Bertz CT molecular complexity index is 1370. The van der Waals surface area contributed by atoms with Gasteiger partial charge in [0.25, 0.3) is 0 Å². The highest BCUT2D eigenvalue weighted by atomic mass is 16.5. The van der Waals surface area contributed by atoms with Gasteiger partial charge in [-0.1, -0.05) is 18.2 Å². The van der Waals surface area contributed by atoms with Crippen molar-refractivity contribution in [1.29, 1.82) is 5.26 Å². The summed E-state index contributed by atoms with van der Waals surface area (Å²) in [5, 5.41) is 14.0. The summed E-state index contributed by atoms with van der Waals surface area (Å²) in [7, 11) is 1.59. The van der Waals surface area contributed by atoms with Crippen LogP contribution in [-0.4, -0.2) is 55.6 Å². The largest absolute Gasteiger partial charge is 0.495 e. The molecule has 0 atom stereocenters. The zero-order valence-corrected chi connectivity index (χ0v) is 18.2. The summed E-state index contributed by atoms with van der Waals surface area (Å²) in [4.78, 5) is 21.4. The number of methoxy groups -OCH3 is 1.